The minimum absolute atomic E-state index is 0.0714. The van der Waals surface area contributed by atoms with Crippen molar-refractivity contribution in [1.82, 2.24) is 4.90 Å². The second kappa shape index (κ2) is 6.49. The average Bonchev–Trinajstić information content (AvgIpc) is 2.64. The zero-order valence-corrected chi connectivity index (χ0v) is 12.5. The molecule has 1 heterocycles. The van der Waals surface area contributed by atoms with Crippen molar-refractivity contribution in [3.63, 3.8) is 0 Å². The molecule has 2 rings (SSSR count). The highest BCUT2D eigenvalue weighted by molar-refractivity contribution is 6.36. The van der Waals surface area contributed by atoms with E-state index in [1.165, 1.54) is 12.8 Å². The van der Waals surface area contributed by atoms with Gasteiger partial charge in [-0.15, -0.1) is 0 Å². The Bertz CT molecular complexity index is 446. The number of amides is 2. The Kier molecular flexibility index (Phi) is 4.94. The van der Waals surface area contributed by atoms with Gasteiger partial charge in [0.1, 0.15) is 0 Å². The summed E-state index contributed by atoms with van der Waals surface area (Å²) in [5.41, 5.74) is 1.48. The van der Waals surface area contributed by atoms with Crippen LogP contribution in [0.15, 0.2) is 12.1 Å². The van der Waals surface area contributed by atoms with Gasteiger partial charge < -0.3 is 10.2 Å². The van der Waals surface area contributed by atoms with E-state index in [9.17, 15) is 4.79 Å². The van der Waals surface area contributed by atoms with Gasteiger partial charge in [0.25, 0.3) is 0 Å². The summed E-state index contributed by atoms with van der Waals surface area (Å²) in [5.74, 6) is 0. The topological polar surface area (TPSA) is 32.3 Å². The summed E-state index contributed by atoms with van der Waals surface area (Å²) >= 11 is 12.1. The highest BCUT2D eigenvalue weighted by Crippen LogP contribution is 2.28. The fourth-order valence-electron chi connectivity index (χ4n) is 2.19. The van der Waals surface area contributed by atoms with Crippen molar-refractivity contribution in [3.05, 3.63) is 27.7 Å². The summed E-state index contributed by atoms with van der Waals surface area (Å²) in [5, 5.41) is 4.00. The van der Waals surface area contributed by atoms with Crippen LogP contribution in [-0.4, -0.2) is 24.0 Å². The third-order valence-corrected chi connectivity index (χ3v) is 4.21. The third kappa shape index (κ3) is 3.77. The number of halogens is 2. The summed E-state index contributed by atoms with van der Waals surface area (Å²) < 4.78 is 0. The molecule has 5 heteroatoms. The predicted octanol–water partition coefficient (Wildman–Crippen LogP) is 4.71. The minimum atomic E-state index is -0.0714. The molecular weight excluding hydrogens is 283 g/mol. The summed E-state index contributed by atoms with van der Waals surface area (Å²) in [6.07, 6.45) is 4.55. The van der Waals surface area contributed by atoms with Crippen molar-refractivity contribution in [3.8, 4) is 0 Å². The molecule has 0 spiro atoms. The largest absolute Gasteiger partial charge is 0.325 e. The normalized spacial score (nSPS) is 16.1. The number of urea groups is 1. The Balaban J connectivity index is 2.05. The second-order valence-electron chi connectivity index (χ2n) is 4.90. The average molecular weight is 301 g/mol. The van der Waals surface area contributed by atoms with E-state index >= 15 is 0 Å². The molecule has 0 radical (unpaired) electrons. The lowest BCUT2D eigenvalue weighted by molar-refractivity contribution is 0.214. The monoisotopic (exact) mass is 300 g/mol. The molecule has 0 atom stereocenters. The van der Waals surface area contributed by atoms with E-state index < -0.39 is 0 Å². The van der Waals surface area contributed by atoms with Crippen LogP contribution in [0.3, 0.4) is 0 Å². The Labute approximate surface area is 123 Å². The highest BCUT2D eigenvalue weighted by atomic mass is 35.5. The molecule has 1 aromatic carbocycles. The molecule has 0 saturated carbocycles. The molecule has 104 valence electrons. The number of rotatable bonds is 1. The van der Waals surface area contributed by atoms with Crippen molar-refractivity contribution in [2.75, 3.05) is 18.4 Å². The summed E-state index contributed by atoms with van der Waals surface area (Å²) in [6.45, 7) is 3.49. The van der Waals surface area contributed by atoms with Crippen molar-refractivity contribution >= 4 is 34.9 Å². The van der Waals surface area contributed by atoms with Gasteiger partial charge in [0, 0.05) is 28.8 Å². The Morgan fingerprint density at radius 1 is 1.11 bits per heavy atom. The summed E-state index contributed by atoms with van der Waals surface area (Å²) in [6, 6.07) is 3.40. The van der Waals surface area contributed by atoms with Crippen LogP contribution >= 0.6 is 23.2 Å². The van der Waals surface area contributed by atoms with Crippen LogP contribution in [0.2, 0.25) is 10.0 Å². The van der Waals surface area contributed by atoms with E-state index in [1.54, 1.807) is 12.1 Å². The molecule has 1 aliphatic rings. The summed E-state index contributed by atoms with van der Waals surface area (Å²) in [4.78, 5) is 14.0. The first-order chi connectivity index (χ1) is 9.08. The van der Waals surface area contributed by atoms with Crippen molar-refractivity contribution in [2.24, 2.45) is 0 Å². The van der Waals surface area contributed by atoms with E-state index in [4.69, 9.17) is 23.2 Å². The molecule has 1 aliphatic heterocycles. The van der Waals surface area contributed by atoms with Gasteiger partial charge in [-0.05, 0) is 37.5 Å². The standard InChI is InChI=1S/C14H18Cl2N2O/c1-10-12(15)8-11(9-13(10)16)17-14(19)18-6-4-2-3-5-7-18/h8-9H,2-7H2,1H3,(H,17,19). The van der Waals surface area contributed by atoms with E-state index in [-0.39, 0.29) is 6.03 Å². The van der Waals surface area contributed by atoms with Gasteiger partial charge in [-0.25, -0.2) is 4.79 Å². The van der Waals surface area contributed by atoms with E-state index in [2.05, 4.69) is 5.32 Å². The maximum absolute atomic E-state index is 12.2. The number of benzene rings is 1. The highest BCUT2D eigenvalue weighted by Gasteiger charge is 2.16. The molecule has 1 N–H and O–H groups in total. The van der Waals surface area contributed by atoms with Crippen LogP contribution in [0.5, 0.6) is 0 Å². The zero-order valence-electron chi connectivity index (χ0n) is 11.0. The maximum Gasteiger partial charge on any atom is 0.321 e. The molecule has 19 heavy (non-hydrogen) atoms. The van der Waals surface area contributed by atoms with E-state index in [0.29, 0.717) is 15.7 Å². The van der Waals surface area contributed by atoms with Gasteiger partial charge >= 0.3 is 6.03 Å². The number of carbonyl (C=O) groups excluding carboxylic acids is 1. The van der Waals surface area contributed by atoms with Crippen molar-refractivity contribution < 1.29 is 4.79 Å². The molecule has 0 bridgehead atoms. The van der Waals surface area contributed by atoms with Crippen LogP contribution in [0.1, 0.15) is 31.2 Å². The van der Waals surface area contributed by atoms with Crippen LogP contribution in [0, 0.1) is 6.92 Å². The van der Waals surface area contributed by atoms with Gasteiger partial charge in [0.15, 0.2) is 0 Å². The first-order valence-electron chi connectivity index (χ1n) is 6.59. The maximum atomic E-state index is 12.2. The van der Waals surface area contributed by atoms with Crippen LogP contribution in [0.4, 0.5) is 10.5 Å². The molecule has 0 aromatic heterocycles. The third-order valence-electron chi connectivity index (χ3n) is 3.43. The molecule has 1 aromatic rings. The lowest BCUT2D eigenvalue weighted by Gasteiger charge is -2.21. The molecule has 1 fully saturated rings. The van der Waals surface area contributed by atoms with Gasteiger partial charge in [0.05, 0.1) is 0 Å². The van der Waals surface area contributed by atoms with Crippen LogP contribution in [-0.2, 0) is 0 Å². The lowest BCUT2D eigenvalue weighted by Crippen LogP contribution is -2.35. The molecule has 2 amide bonds. The molecule has 1 saturated heterocycles. The predicted molar refractivity (Wildman–Crippen MR) is 80.3 cm³/mol. The number of nitrogens with one attached hydrogen (secondary N) is 1. The molecule has 0 unspecified atom stereocenters. The second-order valence-corrected chi connectivity index (χ2v) is 5.71. The zero-order chi connectivity index (χ0) is 13.8. The van der Waals surface area contributed by atoms with Crippen molar-refractivity contribution in [1.29, 1.82) is 0 Å². The Hall–Kier alpha value is -0.930. The van der Waals surface area contributed by atoms with Gasteiger partial charge in [0.2, 0.25) is 0 Å². The van der Waals surface area contributed by atoms with E-state index in [1.807, 2.05) is 11.8 Å². The summed E-state index contributed by atoms with van der Waals surface area (Å²) in [7, 11) is 0. The Morgan fingerprint density at radius 2 is 1.63 bits per heavy atom. The molecule has 3 nitrogen and oxygen atoms in total. The van der Waals surface area contributed by atoms with Gasteiger partial charge in [-0.1, -0.05) is 36.0 Å². The SMILES string of the molecule is Cc1c(Cl)cc(NC(=O)N2CCCCCC2)cc1Cl. The first-order valence-corrected chi connectivity index (χ1v) is 7.35. The molecule has 0 aliphatic carbocycles. The Morgan fingerprint density at radius 3 is 2.16 bits per heavy atom. The fraction of sp³-hybridized carbons (Fsp3) is 0.500. The number of hydrogen-bond acceptors (Lipinski definition) is 1. The fourth-order valence-corrected chi connectivity index (χ4v) is 2.68. The van der Waals surface area contributed by atoms with E-state index in [0.717, 1.165) is 31.5 Å². The number of hydrogen-bond donors (Lipinski definition) is 1. The van der Waals surface area contributed by atoms with Crippen LogP contribution < -0.4 is 5.32 Å². The van der Waals surface area contributed by atoms with Crippen molar-refractivity contribution in [2.45, 2.75) is 32.6 Å². The first kappa shape index (κ1) is 14.5. The van der Waals surface area contributed by atoms with Gasteiger partial charge in [-0.2, -0.15) is 0 Å². The van der Waals surface area contributed by atoms with Crippen LogP contribution in [0.25, 0.3) is 0 Å². The van der Waals surface area contributed by atoms with Gasteiger partial charge in [-0.3, -0.25) is 0 Å². The number of anilines is 1. The number of likely N-dealkylation sites (tertiary alicyclic amines) is 1. The minimum Gasteiger partial charge on any atom is -0.325 e. The lowest BCUT2D eigenvalue weighted by atomic mass is 10.2. The molecular formula is C14H18Cl2N2O. The quantitative estimate of drug-likeness (QED) is 0.800. The smallest absolute Gasteiger partial charge is 0.321 e. The number of carbonyl (C=O) groups is 1. The number of nitrogens with zero attached hydrogens (tertiary/aromatic N) is 1.